The van der Waals surface area contributed by atoms with Gasteiger partial charge in [-0.05, 0) is 86.3 Å². The van der Waals surface area contributed by atoms with Gasteiger partial charge in [-0.25, -0.2) is 8.42 Å². The summed E-state index contributed by atoms with van der Waals surface area (Å²) in [7, 11) is -3.60. The molecule has 5 fully saturated rings. The Balaban J connectivity index is 1.21. The maximum atomic E-state index is 12.9. The Morgan fingerprint density at radius 2 is 1.70 bits per heavy atom. The highest BCUT2D eigenvalue weighted by atomic mass is 32.2. The van der Waals surface area contributed by atoms with E-state index in [9.17, 15) is 13.2 Å². The number of hydrogen-bond acceptors (Lipinski definition) is 4. The van der Waals surface area contributed by atoms with Crippen molar-refractivity contribution in [2.45, 2.75) is 49.8 Å². The highest BCUT2D eigenvalue weighted by Gasteiger charge is 2.50. The van der Waals surface area contributed by atoms with Crippen LogP contribution in [0.2, 0.25) is 0 Å². The molecule has 6 nitrogen and oxygen atoms in total. The van der Waals surface area contributed by atoms with Crippen molar-refractivity contribution in [2.75, 3.05) is 32.8 Å². The second-order valence-electron chi connectivity index (χ2n) is 9.97. The monoisotopic (exact) mass is 432 g/mol. The van der Waals surface area contributed by atoms with E-state index in [2.05, 4.69) is 5.32 Å². The van der Waals surface area contributed by atoms with Gasteiger partial charge in [0, 0.05) is 25.2 Å². The lowest BCUT2D eigenvalue weighted by Gasteiger charge is -2.57. The van der Waals surface area contributed by atoms with Crippen LogP contribution in [0.5, 0.6) is 0 Å². The number of carbonyl (C=O) groups is 1. The van der Waals surface area contributed by atoms with Crippen LogP contribution in [0.3, 0.4) is 0 Å². The summed E-state index contributed by atoms with van der Waals surface area (Å²) < 4.78 is 32.4. The van der Waals surface area contributed by atoms with Crippen LogP contribution in [-0.4, -0.2) is 51.5 Å². The van der Waals surface area contributed by atoms with Crippen molar-refractivity contribution in [3.05, 3.63) is 29.8 Å². The SMILES string of the molecule is O=C(NCCC12CC3CC(CC(C3)C1)C2)c1cccc(S(=O)(=O)N2CCOCC2)c1. The molecule has 4 bridgehead atoms. The van der Waals surface area contributed by atoms with Gasteiger partial charge in [0.2, 0.25) is 10.0 Å². The molecular formula is C23H32N2O4S. The molecule has 164 valence electrons. The molecule has 0 radical (unpaired) electrons. The standard InChI is InChI=1S/C23H32N2O4S/c26-22(24-5-4-23-14-17-10-18(15-23)12-19(11-17)16-23)20-2-1-3-21(13-20)30(27,28)25-6-8-29-9-7-25/h1-3,13,17-19H,4-12,14-16H2,(H,24,26). The molecule has 6 rings (SSSR count). The van der Waals surface area contributed by atoms with E-state index >= 15 is 0 Å². The van der Waals surface area contributed by atoms with Crippen molar-refractivity contribution in [3.63, 3.8) is 0 Å². The molecule has 4 saturated carbocycles. The molecule has 0 atom stereocenters. The van der Waals surface area contributed by atoms with E-state index in [1.807, 2.05) is 0 Å². The van der Waals surface area contributed by atoms with E-state index < -0.39 is 10.0 Å². The van der Waals surface area contributed by atoms with E-state index in [0.29, 0.717) is 43.8 Å². The van der Waals surface area contributed by atoms with Crippen molar-refractivity contribution in [1.82, 2.24) is 9.62 Å². The minimum Gasteiger partial charge on any atom is -0.379 e. The highest BCUT2D eigenvalue weighted by Crippen LogP contribution is 2.61. The van der Waals surface area contributed by atoms with Gasteiger partial charge in [-0.1, -0.05) is 6.07 Å². The van der Waals surface area contributed by atoms with Crippen LogP contribution in [0.4, 0.5) is 0 Å². The van der Waals surface area contributed by atoms with E-state index in [0.717, 1.165) is 24.2 Å². The van der Waals surface area contributed by atoms with Gasteiger partial charge in [-0.3, -0.25) is 4.79 Å². The molecule has 0 unspecified atom stereocenters. The van der Waals surface area contributed by atoms with Crippen molar-refractivity contribution < 1.29 is 17.9 Å². The lowest BCUT2D eigenvalue weighted by molar-refractivity contribution is -0.0564. The van der Waals surface area contributed by atoms with Crippen LogP contribution in [0, 0.1) is 23.2 Å². The fourth-order valence-electron chi connectivity index (χ4n) is 6.87. The number of benzene rings is 1. The van der Waals surface area contributed by atoms with Crippen LogP contribution in [-0.2, 0) is 14.8 Å². The normalized spacial score (nSPS) is 33.5. The van der Waals surface area contributed by atoms with Crippen LogP contribution in [0.1, 0.15) is 55.3 Å². The fraction of sp³-hybridized carbons (Fsp3) is 0.696. The Hall–Kier alpha value is -1.44. The van der Waals surface area contributed by atoms with Gasteiger partial charge in [-0.2, -0.15) is 4.31 Å². The Morgan fingerprint density at radius 3 is 2.33 bits per heavy atom. The van der Waals surface area contributed by atoms with Gasteiger partial charge < -0.3 is 10.1 Å². The van der Waals surface area contributed by atoms with Crippen LogP contribution in [0.25, 0.3) is 0 Å². The summed E-state index contributed by atoms with van der Waals surface area (Å²) >= 11 is 0. The Bertz CT molecular complexity index is 872. The number of morpholine rings is 1. The minimum absolute atomic E-state index is 0.179. The predicted octanol–water partition coefficient (Wildman–Crippen LogP) is 3.04. The first kappa shape index (κ1) is 20.5. The summed E-state index contributed by atoms with van der Waals surface area (Å²) in [5, 5.41) is 3.06. The third-order valence-electron chi connectivity index (χ3n) is 7.81. The number of hydrogen-bond donors (Lipinski definition) is 1. The van der Waals surface area contributed by atoms with Gasteiger partial charge >= 0.3 is 0 Å². The molecule has 1 N–H and O–H groups in total. The van der Waals surface area contributed by atoms with Crippen molar-refractivity contribution >= 4 is 15.9 Å². The molecule has 30 heavy (non-hydrogen) atoms. The molecular weight excluding hydrogens is 400 g/mol. The fourth-order valence-corrected chi connectivity index (χ4v) is 8.33. The zero-order valence-corrected chi connectivity index (χ0v) is 18.3. The largest absolute Gasteiger partial charge is 0.379 e. The first-order valence-corrected chi connectivity index (χ1v) is 12.8. The summed E-state index contributed by atoms with van der Waals surface area (Å²) in [6.45, 7) is 2.19. The van der Waals surface area contributed by atoms with Gasteiger partial charge in [0.05, 0.1) is 18.1 Å². The first-order valence-electron chi connectivity index (χ1n) is 11.4. The summed E-state index contributed by atoms with van der Waals surface area (Å²) in [6.07, 6.45) is 9.34. The number of rotatable bonds is 6. The summed E-state index contributed by atoms with van der Waals surface area (Å²) in [4.78, 5) is 12.9. The van der Waals surface area contributed by atoms with Crippen LogP contribution < -0.4 is 5.32 Å². The van der Waals surface area contributed by atoms with E-state index in [1.165, 1.54) is 48.9 Å². The third-order valence-corrected chi connectivity index (χ3v) is 9.70. The Labute approximate surface area is 179 Å². The zero-order chi connectivity index (χ0) is 20.8. The minimum atomic E-state index is -3.60. The molecule has 7 heteroatoms. The Kier molecular flexibility index (Phi) is 5.40. The lowest BCUT2D eigenvalue weighted by atomic mass is 9.49. The Morgan fingerprint density at radius 1 is 1.07 bits per heavy atom. The second-order valence-corrected chi connectivity index (χ2v) is 11.9. The topological polar surface area (TPSA) is 75.7 Å². The number of ether oxygens (including phenoxy) is 1. The number of carbonyl (C=O) groups excluding carboxylic acids is 1. The quantitative estimate of drug-likeness (QED) is 0.750. The van der Waals surface area contributed by atoms with Crippen molar-refractivity contribution in [1.29, 1.82) is 0 Å². The number of nitrogens with zero attached hydrogens (tertiary/aromatic N) is 1. The van der Waals surface area contributed by atoms with Gasteiger partial charge in [0.25, 0.3) is 5.91 Å². The molecule has 5 aliphatic rings. The maximum absolute atomic E-state index is 12.9. The van der Waals surface area contributed by atoms with E-state index in [-0.39, 0.29) is 10.8 Å². The van der Waals surface area contributed by atoms with Crippen LogP contribution >= 0.6 is 0 Å². The second kappa shape index (κ2) is 7.92. The molecule has 4 aliphatic carbocycles. The molecule has 1 aliphatic heterocycles. The highest BCUT2D eigenvalue weighted by molar-refractivity contribution is 7.89. The molecule has 1 saturated heterocycles. The van der Waals surface area contributed by atoms with Gasteiger partial charge in [-0.15, -0.1) is 0 Å². The smallest absolute Gasteiger partial charge is 0.251 e. The average molecular weight is 433 g/mol. The number of amides is 1. The number of nitrogens with one attached hydrogen (secondary N) is 1. The van der Waals surface area contributed by atoms with Crippen LogP contribution in [0.15, 0.2) is 29.2 Å². The molecule has 1 aromatic carbocycles. The average Bonchev–Trinajstić information content (AvgIpc) is 2.73. The first-order chi connectivity index (χ1) is 14.4. The van der Waals surface area contributed by atoms with Gasteiger partial charge in [0.15, 0.2) is 0 Å². The lowest BCUT2D eigenvalue weighted by Crippen LogP contribution is -2.47. The predicted molar refractivity (Wildman–Crippen MR) is 114 cm³/mol. The molecule has 0 aromatic heterocycles. The molecule has 1 amide bonds. The zero-order valence-electron chi connectivity index (χ0n) is 17.5. The van der Waals surface area contributed by atoms with Crippen molar-refractivity contribution in [3.8, 4) is 0 Å². The molecule has 1 aromatic rings. The maximum Gasteiger partial charge on any atom is 0.251 e. The molecule has 1 heterocycles. The van der Waals surface area contributed by atoms with Gasteiger partial charge in [0.1, 0.15) is 0 Å². The molecule has 0 spiro atoms. The van der Waals surface area contributed by atoms with Crippen molar-refractivity contribution in [2.24, 2.45) is 23.2 Å². The summed E-state index contributed by atoms with van der Waals surface area (Å²) in [5.41, 5.74) is 0.846. The third kappa shape index (κ3) is 3.92. The van der Waals surface area contributed by atoms with E-state index in [4.69, 9.17) is 4.74 Å². The summed E-state index contributed by atoms with van der Waals surface area (Å²) in [5.74, 6) is 2.55. The number of sulfonamides is 1. The summed E-state index contributed by atoms with van der Waals surface area (Å²) in [6, 6.07) is 6.42. The van der Waals surface area contributed by atoms with E-state index in [1.54, 1.807) is 18.2 Å².